The van der Waals surface area contributed by atoms with E-state index in [-0.39, 0.29) is 0 Å². The van der Waals surface area contributed by atoms with E-state index in [9.17, 15) is 0 Å². The number of H-pyrrole nitrogens is 1. The molecule has 0 bridgehead atoms. The lowest BCUT2D eigenvalue weighted by atomic mass is 10.1. The third kappa shape index (κ3) is 1.74. The zero-order chi connectivity index (χ0) is 11.7. The molecule has 4 nitrogen and oxygen atoms in total. The van der Waals surface area contributed by atoms with Gasteiger partial charge in [0.05, 0.1) is 11.4 Å². The molecule has 84 valence electrons. The molecule has 0 spiro atoms. The number of anilines is 2. The zero-order valence-corrected chi connectivity index (χ0v) is 9.78. The van der Waals surface area contributed by atoms with Gasteiger partial charge < -0.3 is 10.6 Å². The molecule has 0 atom stereocenters. The van der Waals surface area contributed by atoms with Gasteiger partial charge in [-0.3, -0.25) is 5.10 Å². The van der Waals surface area contributed by atoms with Gasteiger partial charge in [0.2, 0.25) is 0 Å². The van der Waals surface area contributed by atoms with Gasteiger partial charge in [0.15, 0.2) is 0 Å². The van der Waals surface area contributed by atoms with Crippen LogP contribution in [0, 0.1) is 6.92 Å². The van der Waals surface area contributed by atoms with Crippen LogP contribution < -0.4 is 10.6 Å². The Morgan fingerprint density at radius 2 is 2.06 bits per heavy atom. The Morgan fingerprint density at radius 3 is 2.62 bits per heavy atom. The number of aromatic nitrogens is 2. The lowest BCUT2D eigenvalue weighted by Crippen LogP contribution is -2.08. The van der Waals surface area contributed by atoms with Crippen LogP contribution in [0.4, 0.5) is 11.4 Å². The second kappa shape index (κ2) is 3.89. The fourth-order valence-corrected chi connectivity index (χ4v) is 1.59. The van der Waals surface area contributed by atoms with Crippen molar-refractivity contribution in [2.75, 3.05) is 24.7 Å². The van der Waals surface area contributed by atoms with Gasteiger partial charge in [0, 0.05) is 25.3 Å². The Bertz CT molecular complexity index is 499. The molecule has 0 radical (unpaired) electrons. The summed E-state index contributed by atoms with van der Waals surface area (Å²) in [5, 5.41) is 7.11. The van der Waals surface area contributed by atoms with E-state index < -0.39 is 0 Å². The summed E-state index contributed by atoms with van der Waals surface area (Å²) in [6.07, 6.45) is 0. The van der Waals surface area contributed by atoms with Gasteiger partial charge in [-0.2, -0.15) is 5.10 Å². The highest BCUT2D eigenvalue weighted by atomic mass is 15.1. The summed E-state index contributed by atoms with van der Waals surface area (Å²) >= 11 is 0. The van der Waals surface area contributed by atoms with Crippen molar-refractivity contribution < 1.29 is 0 Å². The number of nitrogen functional groups attached to an aromatic ring is 1. The third-order valence-corrected chi connectivity index (χ3v) is 2.63. The summed E-state index contributed by atoms with van der Waals surface area (Å²) in [4.78, 5) is 2.05. The summed E-state index contributed by atoms with van der Waals surface area (Å²) in [7, 11) is 4.02. The predicted molar refractivity (Wildman–Crippen MR) is 67.5 cm³/mol. The maximum absolute atomic E-state index is 5.95. The number of rotatable bonds is 2. The highest BCUT2D eigenvalue weighted by Gasteiger charge is 2.09. The molecule has 1 heterocycles. The summed E-state index contributed by atoms with van der Waals surface area (Å²) in [5.41, 5.74) is 10.6. The van der Waals surface area contributed by atoms with Crippen molar-refractivity contribution in [3.63, 3.8) is 0 Å². The average Bonchev–Trinajstić information content (AvgIpc) is 2.60. The smallest absolute Gasteiger partial charge is 0.115 e. The largest absolute Gasteiger partial charge is 0.395 e. The lowest BCUT2D eigenvalue weighted by Gasteiger charge is -2.13. The lowest BCUT2D eigenvalue weighted by molar-refractivity contribution is 1.05. The van der Waals surface area contributed by atoms with Crippen LogP contribution in [0.3, 0.4) is 0 Å². The molecular formula is C12H16N4. The van der Waals surface area contributed by atoms with Gasteiger partial charge in [-0.05, 0) is 19.1 Å². The second-order valence-electron chi connectivity index (χ2n) is 4.06. The van der Waals surface area contributed by atoms with Gasteiger partial charge in [0.1, 0.15) is 5.69 Å². The quantitative estimate of drug-likeness (QED) is 0.807. The minimum absolute atomic E-state index is 0.718. The zero-order valence-electron chi connectivity index (χ0n) is 9.78. The Hall–Kier alpha value is -1.97. The highest BCUT2D eigenvalue weighted by Crippen LogP contribution is 2.28. The van der Waals surface area contributed by atoms with Gasteiger partial charge in [-0.1, -0.05) is 12.1 Å². The highest BCUT2D eigenvalue weighted by molar-refractivity contribution is 5.76. The number of nitrogens with zero attached hydrogens (tertiary/aromatic N) is 2. The molecule has 0 aliphatic rings. The molecule has 0 saturated carbocycles. The van der Waals surface area contributed by atoms with Crippen molar-refractivity contribution >= 4 is 11.4 Å². The molecule has 0 fully saturated rings. The molecule has 1 aromatic heterocycles. The van der Waals surface area contributed by atoms with E-state index >= 15 is 0 Å². The van der Waals surface area contributed by atoms with E-state index in [2.05, 4.69) is 27.2 Å². The standard InChI is InChI=1S/C12H16N4/c1-8-11(13)12(15-14-8)9-5-4-6-10(7-9)16(2)3/h4-7H,13H2,1-3H3,(H,14,15). The normalized spacial score (nSPS) is 10.4. The first-order valence-electron chi connectivity index (χ1n) is 5.18. The summed E-state index contributed by atoms with van der Waals surface area (Å²) in [6, 6.07) is 8.15. The summed E-state index contributed by atoms with van der Waals surface area (Å²) in [5.74, 6) is 0. The number of hydrogen-bond acceptors (Lipinski definition) is 3. The molecule has 4 heteroatoms. The maximum Gasteiger partial charge on any atom is 0.115 e. The van der Waals surface area contributed by atoms with Crippen molar-refractivity contribution in [1.29, 1.82) is 0 Å². The first-order valence-corrected chi connectivity index (χ1v) is 5.18. The number of hydrogen-bond donors (Lipinski definition) is 2. The first kappa shape index (κ1) is 10.5. The van der Waals surface area contributed by atoms with Crippen LogP contribution in [0.1, 0.15) is 5.69 Å². The van der Waals surface area contributed by atoms with Crippen LogP contribution in [0.2, 0.25) is 0 Å². The minimum Gasteiger partial charge on any atom is -0.395 e. The van der Waals surface area contributed by atoms with Crippen LogP contribution in [-0.2, 0) is 0 Å². The molecule has 0 aliphatic carbocycles. The van der Waals surface area contributed by atoms with Gasteiger partial charge in [-0.25, -0.2) is 0 Å². The molecular weight excluding hydrogens is 200 g/mol. The molecule has 0 saturated heterocycles. The average molecular weight is 216 g/mol. The van der Waals surface area contributed by atoms with E-state index in [1.54, 1.807) is 0 Å². The molecule has 2 rings (SSSR count). The molecule has 3 N–H and O–H groups in total. The maximum atomic E-state index is 5.95. The third-order valence-electron chi connectivity index (χ3n) is 2.63. The Balaban J connectivity index is 2.48. The van der Waals surface area contributed by atoms with Crippen molar-refractivity contribution in [1.82, 2.24) is 10.2 Å². The van der Waals surface area contributed by atoms with Crippen molar-refractivity contribution in [3.8, 4) is 11.3 Å². The van der Waals surface area contributed by atoms with Crippen molar-refractivity contribution in [2.45, 2.75) is 6.92 Å². The van der Waals surface area contributed by atoms with E-state index in [1.165, 1.54) is 0 Å². The van der Waals surface area contributed by atoms with Crippen molar-refractivity contribution in [3.05, 3.63) is 30.0 Å². The molecule has 1 aromatic carbocycles. The summed E-state index contributed by atoms with van der Waals surface area (Å²) in [6.45, 7) is 1.92. The van der Waals surface area contributed by atoms with Gasteiger partial charge in [0.25, 0.3) is 0 Å². The number of nitrogens with one attached hydrogen (secondary N) is 1. The molecule has 0 amide bonds. The van der Waals surface area contributed by atoms with E-state index in [4.69, 9.17) is 5.73 Å². The van der Waals surface area contributed by atoms with Crippen LogP contribution in [0.25, 0.3) is 11.3 Å². The fourth-order valence-electron chi connectivity index (χ4n) is 1.59. The van der Waals surface area contributed by atoms with E-state index in [1.807, 2.05) is 33.2 Å². The predicted octanol–water partition coefficient (Wildman–Crippen LogP) is 2.03. The van der Waals surface area contributed by atoms with Crippen LogP contribution in [0.5, 0.6) is 0 Å². The number of aryl methyl sites for hydroxylation is 1. The Labute approximate surface area is 95.1 Å². The number of aromatic amines is 1. The van der Waals surface area contributed by atoms with Crippen molar-refractivity contribution in [2.24, 2.45) is 0 Å². The molecule has 16 heavy (non-hydrogen) atoms. The Kier molecular flexibility index (Phi) is 2.56. The summed E-state index contributed by atoms with van der Waals surface area (Å²) < 4.78 is 0. The number of nitrogens with two attached hydrogens (primary N) is 1. The van der Waals surface area contributed by atoms with Crippen LogP contribution in [0.15, 0.2) is 24.3 Å². The topological polar surface area (TPSA) is 57.9 Å². The van der Waals surface area contributed by atoms with E-state index in [0.717, 1.165) is 28.3 Å². The fraction of sp³-hybridized carbons (Fsp3) is 0.250. The van der Waals surface area contributed by atoms with Gasteiger partial charge >= 0.3 is 0 Å². The monoisotopic (exact) mass is 216 g/mol. The molecule has 0 unspecified atom stereocenters. The Morgan fingerprint density at radius 1 is 1.31 bits per heavy atom. The van der Waals surface area contributed by atoms with Gasteiger partial charge in [-0.15, -0.1) is 0 Å². The van der Waals surface area contributed by atoms with E-state index in [0.29, 0.717) is 0 Å². The van der Waals surface area contributed by atoms with Crippen LogP contribution in [-0.4, -0.2) is 24.3 Å². The second-order valence-corrected chi connectivity index (χ2v) is 4.06. The number of benzene rings is 1. The first-order chi connectivity index (χ1) is 7.59. The SMILES string of the molecule is Cc1[nH]nc(-c2cccc(N(C)C)c2)c1N. The van der Waals surface area contributed by atoms with Crippen LogP contribution >= 0.6 is 0 Å². The molecule has 2 aromatic rings. The molecule has 0 aliphatic heterocycles. The minimum atomic E-state index is 0.718.